The predicted octanol–water partition coefficient (Wildman–Crippen LogP) is 4.92. The standard InChI is InChI=1S/C24H21BrN2O5/c1-2-29-22-11-17(5-9-20(22)30-14-16-3-7-19(25)8-4-16)13-26-27-24(28)18-6-10-21-23(12-18)32-15-31-21/h3-13H,2,14-15H2,1H3,(H,27,28)/b26-13-. The molecule has 0 radical (unpaired) electrons. The Morgan fingerprint density at radius 1 is 1.03 bits per heavy atom. The molecule has 164 valence electrons. The number of benzene rings is 3. The Morgan fingerprint density at radius 2 is 1.84 bits per heavy atom. The Labute approximate surface area is 194 Å². The van der Waals surface area contributed by atoms with Gasteiger partial charge in [0, 0.05) is 10.0 Å². The van der Waals surface area contributed by atoms with Crippen LogP contribution in [0, 0.1) is 0 Å². The minimum Gasteiger partial charge on any atom is -0.490 e. The van der Waals surface area contributed by atoms with E-state index < -0.39 is 0 Å². The lowest BCUT2D eigenvalue weighted by Gasteiger charge is -2.12. The number of carbonyl (C=O) groups excluding carboxylic acids is 1. The Morgan fingerprint density at radius 3 is 2.66 bits per heavy atom. The van der Waals surface area contributed by atoms with E-state index in [1.807, 2.05) is 49.4 Å². The molecule has 1 amide bonds. The molecule has 0 saturated heterocycles. The second-order valence-corrected chi connectivity index (χ2v) is 7.74. The molecule has 32 heavy (non-hydrogen) atoms. The molecule has 3 aromatic rings. The van der Waals surface area contributed by atoms with Gasteiger partial charge in [0.05, 0.1) is 12.8 Å². The number of nitrogens with zero attached hydrogens (tertiary/aromatic N) is 1. The predicted molar refractivity (Wildman–Crippen MR) is 124 cm³/mol. The maximum absolute atomic E-state index is 12.3. The van der Waals surface area contributed by atoms with Crippen molar-refractivity contribution in [3.8, 4) is 23.0 Å². The number of carbonyl (C=O) groups is 1. The van der Waals surface area contributed by atoms with E-state index in [-0.39, 0.29) is 12.7 Å². The first-order valence-corrected chi connectivity index (χ1v) is 10.8. The van der Waals surface area contributed by atoms with Gasteiger partial charge >= 0.3 is 0 Å². The van der Waals surface area contributed by atoms with Gasteiger partial charge in [-0.1, -0.05) is 28.1 Å². The minimum atomic E-state index is -0.348. The van der Waals surface area contributed by atoms with E-state index in [1.54, 1.807) is 24.4 Å². The molecule has 8 heteroatoms. The number of nitrogens with one attached hydrogen (secondary N) is 1. The number of hydrazone groups is 1. The Hall–Kier alpha value is -3.52. The van der Waals surface area contributed by atoms with Crippen LogP contribution in [0.25, 0.3) is 0 Å². The first-order chi connectivity index (χ1) is 15.6. The zero-order chi connectivity index (χ0) is 22.3. The SMILES string of the molecule is CCOc1cc(/C=N\NC(=O)c2ccc3c(c2)OCO3)ccc1OCc1ccc(Br)cc1. The summed E-state index contributed by atoms with van der Waals surface area (Å²) in [5.41, 5.74) is 4.75. The minimum absolute atomic E-state index is 0.156. The highest BCUT2D eigenvalue weighted by molar-refractivity contribution is 9.10. The van der Waals surface area contributed by atoms with Gasteiger partial charge in [-0.3, -0.25) is 4.79 Å². The summed E-state index contributed by atoms with van der Waals surface area (Å²) in [6.45, 7) is 2.98. The van der Waals surface area contributed by atoms with Gasteiger partial charge in [-0.05, 0) is 66.6 Å². The third-order valence-electron chi connectivity index (χ3n) is 4.59. The molecule has 0 aliphatic carbocycles. The molecule has 1 aliphatic rings. The quantitative estimate of drug-likeness (QED) is 0.353. The van der Waals surface area contributed by atoms with Crippen molar-refractivity contribution in [3.05, 3.63) is 81.8 Å². The summed E-state index contributed by atoms with van der Waals surface area (Å²) in [5, 5.41) is 4.05. The lowest BCUT2D eigenvalue weighted by Crippen LogP contribution is -2.17. The van der Waals surface area contributed by atoms with E-state index in [4.69, 9.17) is 18.9 Å². The molecule has 1 heterocycles. The van der Waals surface area contributed by atoms with Gasteiger partial charge in [0.2, 0.25) is 6.79 Å². The first-order valence-electron chi connectivity index (χ1n) is 9.99. The number of hydrogen-bond donors (Lipinski definition) is 1. The van der Waals surface area contributed by atoms with Crippen molar-refractivity contribution < 1.29 is 23.7 Å². The summed E-state index contributed by atoms with van der Waals surface area (Å²) in [4.78, 5) is 12.3. The Kier molecular flexibility index (Phi) is 6.91. The zero-order valence-corrected chi connectivity index (χ0v) is 18.9. The van der Waals surface area contributed by atoms with Crippen LogP contribution in [-0.2, 0) is 6.61 Å². The average Bonchev–Trinajstić information content (AvgIpc) is 3.28. The largest absolute Gasteiger partial charge is 0.490 e. The van der Waals surface area contributed by atoms with Crippen molar-refractivity contribution >= 4 is 28.1 Å². The highest BCUT2D eigenvalue weighted by atomic mass is 79.9. The van der Waals surface area contributed by atoms with Crippen LogP contribution < -0.4 is 24.4 Å². The average molecular weight is 497 g/mol. The highest BCUT2D eigenvalue weighted by Crippen LogP contribution is 2.32. The van der Waals surface area contributed by atoms with Gasteiger partial charge in [0.1, 0.15) is 6.61 Å². The normalized spacial score (nSPS) is 12.1. The third-order valence-corrected chi connectivity index (χ3v) is 5.12. The van der Waals surface area contributed by atoms with E-state index in [2.05, 4.69) is 26.5 Å². The van der Waals surface area contributed by atoms with Crippen LogP contribution in [0.1, 0.15) is 28.4 Å². The summed E-state index contributed by atoms with van der Waals surface area (Å²) in [6.07, 6.45) is 1.55. The molecule has 0 bridgehead atoms. The van der Waals surface area contributed by atoms with E-state index in [0.29, 0.717) is 41.8 Å². The maximum atomic E-state index is 12.3. The molecule has 0 aromatic heterocycles. The fourth-order valence-corrected chi connectivity index (χ4v) is 3.27. The summed E-state index contributed by atoms with van der Waals surface area (Å²) < 4.78 is 23.2. The molecule has 7 nitrogen and oxygen atoms in total. The molecule has 1 N–H and O–H groups in total. The van der Waals surface area contributed by atoms with Gasteiger partial charge < -0.3 is 18.9 Å². The van der Waals surface area contributed by atoms with Crippen LogP contribution >= 0.6 is 15.9 Å². The van der Waals surface area contributed by atoms with Crippen LogP contribution in [0.5, 0.6) is 23.0 Å². The van der Waals surface area contributed by atoms with Crippen LogP contribution in [0.3, 0.4) is 0 Å². The van der Waals surface area contributed by atoms with Gasteiger partial charge in [0.15, 0.2) is 23.0 Å². The van der Waals surface area contributed by atoms with E-state index in [9.17, 15) is 4.79 Å². The number of ether oxygens (including phenoxy) is 4. The molecule has 0 spiro atoms. The molecule has 3 aromatic carbocycles. The summed E-state index contributed by atoms with van der Waals surface area (Å²) >= 11 is 3.43. The van der Waals surface area contributed by atoms with Gasteiger partial charge in [-0.2, -0.15) is 5.10 Å². The molecule has 0 unspecified atom stereocenters. The van der Waals surface area contributed by atoms with Gasteiger partial charge in [0.25, 0.3) is 5.91 Å². The second kappa shape index (κ2) is 10.2. The molecule has 0 fully saturated rings. The summed E-state index contributed by atoms with van der Waals surface area (Å²) in [5.74, 6) is 2.06. The van der Waals surface area contributed by atoms with Crippen LogP contribution in [0.4, 0.5) is 0 Å². The number of hydrogen-bond acceptors (Lipinski definition) is 6. The fourth-order valence-electron chi connectivity index (χ4n) is 3.00. The lowest BCUT2D eigenvalue weighted by molar-refractivity contribution is 0.0954. The second-order valence-electron chi connectivity index (χ2n) is 6.82. The van der Waals surface area contributed by atoms with Crippen molar-refractivity contribution in [3.63, 3.8) is 0 Å². The topological polar surface area (TPSA) is 78.4 Å². The molecule has 0 atom stereocenters. The molecule has 1 aliphatic heterocycles. The van der Waals surface area contributed by atoms with Crippen LogP contribution in [0.15, 0.2) is 70.2 Å². The number of fused-ring (bicyclic) bond motifs is 1. The highest BCUT2D eigenvalue weighted by Gasteiger charge is 2.16. The van der Waals surface area contributed by atoms with Crippen molar-refractivity contribution in [2.24, 2.45) is 5.10 Å². The fraction of sp³-hybridized carbons (Fsp3) is 0.167. The Balaban J connectivity index is 1.39. The summed E-state index contributed by atoms with van der Waals surface area (Å²) in [7, 11) is 0. The van der Waals surface area contributed by atoms with Crippen LogP contribution in [-0.4, -0.2) is 25.5 Å². The van der Waals surface area contributed by atoms with Gasteiger partial charge in [-0.25, -0.2) is 5.43 Å². The monoisotopic (exact) mass is 496 g/mol. The van der Waals surface area contributed by atoms with Crippen molar-refractivity contribution in [1.82, 2.24) is 5.43 Å². The van der Waals surface area contributed by atoms with E-state index >= 15 is 0 Å². The van der Waals surface area contributed by atoms with Crippen LogP contribution in [0.2, 0.25) is 0 Å². The Bertz CT molecular complexity index is 1130. The van der Waals surface area contributed by atoms with Gasteiger partial charge in [-0.15, -0.1) is 0 Å². The van der Waals surface area contributed by atoms with Crippen molar-refractivity contribution in [2.75, 3.05) is 13.4 Å². The number of amides is 1. The van der Waals surface area contributed by atoms with Crippen molar-refractivity contribution in [2.45, 2.75) is 13.5 Å². The van der Waals surface area contributed by atoms with E-state index in [0.717, 1.165) is 15.6 Å². The number of rotatable bonds is 8. The summed E-state index contributed by atoms with van der Waals surface area (Å²) in [6, 6.07) is 18.4. The zero-order valence-electron chi connectivity index (χ0n) is 17.3. The third kappa shape index (κ3) is 5.39. The lowest BCUT2D eigenvalue weighted by atomic mass is 10.2. The van der Waals surface area contributed by atoms with Crippen molar-refractivity contribution in [1.29, 1.82) is 0 Å². The number of halogens is 1. The molecular formula is C24H21BrN2O5. The molecule has 0 saturated carbocycles. The molecular weight excluding hydrogens is 476 g/mol. The molecule has 4 rings (SSSR count). The smallest absolute Gasteiger partial charge is 0.271 e. The van der Waals surface area contributed by atoms with E-state index in [1.165, 1.54) is 0 Å². The first kappa shape index (κ1) is 21.7. The maximum Gasteiger partial charge on any atom is 0.271 e.